The van der Waals surface area contributed by atoms with E-state index in [4.69, 9.17) is 0 Å². The Morgan fingerprint density at radius 1 is 0.875 bits per heavy atom. The molecule has 0 heterocycles. The molecule has 0 fully saturated rings. The van der Waals surface area contributed by atoms with Crippen LogP contribution in [-0.4, -0.2) is 25.2 Å². The first kappa shape index (κ1) is 15.7. The summed E-state index contributed by atoms with van der Waals surface area (Å²) in [4.78, 5) is 14.2. The van der Waals surface area contributed by atoms with E-state index in [1.54, 1.807) is 24.3 Å². The van der Waals surface area contributed by atoms with Gasteiger partial charge in [-0.1, -0.05) is 24.3 Å². The lowest BCUT2D eigenvalue weighted by Gasteiger charge is -2.14. The molecular formula is C19H19N3O2. The maximum Gasteiger partial charge on any atom is 0.323 e. The van der Waals surface area contributed by atoms with Gasteiger partial charge in [0.05, 0.1) is 5.69 Å². The quantitative estimate of drug-likeness (QED) is 0.675. The summed E-state index contributed by atoms with van der Waals surface area (Å²) in [6, 6.07) is 17.9. The number of amides is 2. The number of benzene rings is 3. The van der Waals surface area contributed by atoms with E-state index in [-0.39, 0.29) is 11.8 Å². The average molecular weight is 321 g/mol. The fourth-order valence-corrected chi connectivity index (χ4v) is 2.53. The second-order valence-corrected chi connectivity index (χ2v) is 5.70. The summed E-state index contributed by atoms with van der Waals surface area (Å²) in [6.07, 6.45) is 0. The van der Waals surface area contributed by atoms with E-state index in [9.17, 15) is 9.90 Å². The lowest BCUT2D eigenvalue weighted by Crippen LogP contribution is -2.19. The monoisotopic (exact) mass is 321 g/mol. The Morgan fingerprint density at radius 2 is 1.54 bits per heavy atom. The fourth-order valence-electron chi connectivity index (χ4n) is 2.53. The van der Waals surface area contributed by atoms with Gasteiger partial charge in [-0.05, 0) is 36.4 Å². The number of urea groups is 1. The maximum atomic E-state index is 12.2. The lowest BCUT2D eigenvalue weighted by atomic mass is 10.1. The van der Waals surface area contributed by atoms with Gasteiger partial charge in [-0.15, -0.1) is 0 Å². The number of fused-ring (bicyclic) bond motifs is 1. The molecule has 0 spiro atoms. The van der Waals surface area contributed by atoms with E-state index in [1.165, 1.54) is 0 Å². The van der Waals surface area contributed by atoms with Gasteiger partial charge in [0.15, 0.2) is 0 Å². The molecule has 0 saturated heterocycles. The third kappa shape index (κ3) is 3.25. The third-order valence-corrected chi connectivity index (χ3v) is 3.79. The molecule has 0 aliphatic rings. The molecule has 3 rings (SSSR count). The van der Waals surface area contributed by atoms with Crippen LogP contribution in [0, 0.1) is 0 Å². The number of nitrogens with zero attached hydrogens (tertiary/aromatic N) is 1. The van der Waals surface area contributed by atoms with Gasteiger partial charge in [0.25, 0.3) is 0 Å². The SMILES string of the molecule is CN(C)c1ccc(NC(=O)Nc2cccc3c(O)cccc23)cc1. The van der Waals surface area contributed by atoms with E-state index in [1.807, 2.05) is 55.4 Å². The van der Waals surface area contributed by atoms with Crippen molar-refractivity contribution in [3.05, 3.63) is 60.7 Å². The van der Waals surface area contributed by atoms with Crippen LogP contribution in [0.3, 0.4) is 0 Å². The number of phenolic OH excluding ortho intramolecular Hbond substituents is 1. The minimum absolute atomic E-state index is 0.191. The van der Waals surface area contributed by atoms with Gasteiger partial charge in [0.2, 0.25) is 0 Å². The summed E-state index contributed by atoms with van der Waals surface area (Å²) in [6.45, 7) is 0. The molecule has 0 unspecified atom stereocenters. The molecule has 0 atom stereocenters. The minimum Gasteiger partial charge on any atom is -0.507 e. The first-order chi connectivity index (χ1) is 11.5. The van der Waals surface area contributed by atoms with Gasteiger partial charge in [0.1, 0.15) is 5.75 Å². The van der Waals surface area contributed by atoms with Crippen LogP contribution >= 0.6 is 0 Å². The highest BCUT2D eigenvalue weighted by atomic mass is 16.3. The molecule has 0 aliphatic carbocycles. The van der Waals surface area contributed by atoms with Crippen molar-refractivity contribution in [1.82, 2.24) is 0 Å². The molecule has 5 heteroatoms. The van der Waals surface area contributed by atoms with Gasteiger partial charge in [-0.3, -0.25) is 0 Å². The molecule has 3 aromatic rings. The highest BCUT2D eigenvalue weighted by Gasteiger charge is 2.08. The molecule has 3 N–H and O–H groups in total. The van der Waals surface area contributed by atoms with Crippen molar-refractivity contribution in [2.75, 3.05) is 29.6 Å². The number of carbonyl (C=O) groups is 1. The van der Waals surface area contributed by atoms with Crippen LogP contribution in [0.15, 0.2) is 60.7 Å². The van der Waals surface area contributed by atoms with Crippen LogP contribution in [0.2, 0.25) is 0 Å². The Labute approximate surface area is 140 Å². The predicted molar refractivity (Wildman–Crippen MR) is 99.0 cm³/mol. The number of aromatic hydroxyl groups is 1. The zero-order valence-electron chi connectivity index (χ0n) is 13.6. The molecule has 122 valence electrons. The van der Waals surface area contributed by atoms with Gasteiger partial charge in [0, 0.05) is 36.2 Å². The number of hydrogen-bond donors (Lipinski definition) is 3. The summed E-state index contributed by atoms with van der Waals surface area (Å²) in [5.74, 6) is 0.191. The van der Waals surface area contributed by atoms with Crippen molar-refractivity contribution < 1.29 is 9.90 Å². The van der Waals surface area contributed by atoms with Crippen molar-refractivity contribution in [2.24, 2.45) is 0 Å². The van der Waals surface area contributed by atoms with E-state index in [0.29, 0.717) is 16.8 Å². The number of phenols is 1. The Bertz CT molecular complexity index is 873. The van der Waals surface area contributed by atoms with Gasteiger partial charge in [-0.2, -0.15) is 0 Å². The van der Waals surface area contributed by atoms with E-state index >= 15 is 0 Å². The van der Waals surface area contributed by atoms with Crippen molar-refractivity contribution >= 4 is 33.9 Å². The normalized spacial score (nSPS) is 10.4. The molecule has 3 aromatic carbocycles. The topological polar surface area (TPSA) is 64.6 Å². The Balaban J connectivity index is 1.77. The van der Waals surface area contributed by atoms with Gasteiger partial charge >= 0.3 is 6.03 Å². The molecule has 24 heavy (non-hydrogen) atoms. The Kier molecular flexibility index (Phi) is 4.24. The summed E-state index contributed by atoms with van der Waals surface area (Å²) >= 11 is 0. The molecule has 2 amide bonds. The molecule has 0 radical (unpaired) electrons. The predicted octanol–water partition coefficient (Wildman–Crippen LogP) is 4.26. The van der Waals surface area contributed by atoms with Gasteiger partial charge in [-0.25, -0.2) is 4.79 Å². The molecule has 0 saturated carbocycles. The fraction of sp³-hybridized carbons (Fsp3) is 0.105. The second kappa shape index (κ2) is 6.50. The summed E-state index contributed by atoms with van der Waals surface area (Å²) < 4.78 is 0. The summed E-state index contributed by atoms with van der Waals surface area (Å²) in [5.41, 5.74) is 2.41. The van der Waals surface area contributed by atoms with Crippen LogP contribution in [0.5, 0.6) is 5.75 Å². The van der Waals surface area contributed by atoms with Crippen LogP contribution in [0.25, 0.3) is 10.8 Å². The highest BCUT2D eigenvalue weighted by molar-refractivity contribution is 6.07. The molecular weight excluding hydrogens is 302 g/mol. The average Bonchev–Trinajstić information content (AvgIpc) is 2.56. The van der Waals surface area contributed by atoms with Crippen molar-refractivity contribution in [3.63, 3.8) is 0 Å². The van der Waals surface area contributed by atoms with Crippen LogP contribution in [0.4, 0.5) is 21.9 Å². The summed E-state index contributed by atoms with van der Waals surface area (Å²) in [7, 11) is 3.93. The number of hydrogen-bond acceptors (Lipinski definition) is 3. The zero-order valence-corrected chi connectivity index (χ0v) is 13.6. The Morgan fingerprint density at radius 3 is 2.25 bits per heavy atom. The molecule has 5 nitrogen and oxygen atoms in total. The number of nitrogens with one attached hydrogen (secondary N) is 2. The van der Waals surface area contributed by atoms with Crippen LogP contribution in [-0.2, 0) is 0 Å². The van der Waals surface area contributed by atoms with Gasteiger partial charge < -0.3 is 20.6 Å². The number of rotatable bonds is 3. The van der Waals surface area contributed by atoms with Crippen molar-refractivity contribution in [1.29, 1.82) is 0 Å². The molecule has 0 aliphatic heterocycles. The molecule has 0 bridgehead atoms. The minimum atomic E-state index is -0.330. The Hall–Kier alpha value is -3.21. The van der Waals surface area contributed by atoms with Crippen LogP contribution < -0.4 is 15.5 Å². The highest BCUT2D eigenvalue weighted by Crippen LogP contribution is 2.29. The smallest absolute Gasteiger partial charge is 0.323 e. The van der Waals surface area contributed by atoms with E-state index < -0.39 is 0 Å². The summed E-state index contributed by atoms with van der Waals surface area (Å²) in [5, 5.41) is 17.0. The number of anilines is 3. The van der Waals surface area contributed by atoms with Crippen molar-refractivity contribution in [3.8, 4) is 5.75 Å². The van der Waals surface area contributed by atoms with Crippen molar-refractivity contribution in [2.45, 2.75) is 0 Å². The first-order valence-electron chi connectivity index (χ1n) is 7.61. The zero-order chi connectivity index (χ0) is 17.1. The standard InChI is InChI=1S/C19H19N3O2/c1-22(2)14-11-9-13(10-12-14)20-19(24)21-17-7-3-6-16-15(17)5-4-8-18(16)23/h3-12,23H,1-2H3,(H2,20,21,24). The van der Waals surface area contributed by atoms with E-state index in [0.717, 1.165) is 11.1 Å². The largest absolute Gasteiger partial charge is 0.507 e. The lowest BCUT2D eigenvalue weighted by molar-refractivity contribution is 0.262. The second-order valence-electron chi connectivity index (χ2n) is 5.70. The number of carbonyl (C=O) groups excluding carboxylic acids is 1. The van der Waals surface area contributed by atoms with Crippen LogP contribution in [0.1, 0.15) is 0 Å². The third-order valence-electron chi connectivity index (χ3n) is 3.79. The first-order valence-corrected chi connectivity index (χ1v) is 7.61. The maximum absolute atomic E-state index is 12.2. The molecule has 0 aromatic heterocycles. The van der Waals surface area contributed by atoms with E-state index in [2.05, 4.69) is 10.6 Å².